The lowest BCUT2D eigenvalue weighted by Gasteiger charge is -2.29. The number of amides is 1. The van der Waals surface area contributed by atoms with Crippen LogP contribution in [0.15, 0.2) is 18.2 Å². The second-order valence-corrected chi connectivity index (χ2v) is 6.83. The lowest BCUT2D eigenvalue weighted by molar-refractivity contribution is 0.0235. The highest BCUT2D eigenvalue weighted by molar-refractivity contribution is 5.69. The Bertz CT molecular complexity index is 540. The van der Waals surface area contributed by atoms with E-state index in [2.05, 4.69) is 5.32 Å². The fourth-order valence-electron chi connectivity index (χ4n) is 2.61. The number of halogens is 1. The molecule has 1 atom stereocenters. The molecule has 1 aromatic rings. The zero-order valence-corrected chi connectivity index (χ0v) is 13.8. The fraction of sp³-hybridized carbons (Fsp3) is 0.588. The zero-order chi connectivity index (χ0) is 16.3. The highest BCUT2D eigenvalue weighted by Gasteiger charge is 2.32. The van der Waals surface area contributed by atoms with E-state index in [0.717, 1.165) is 18.4 Å². The van der Waals surface area contributed by atoms with Gasteiger partial charge in [0.05, 0.1) is 11.7 Å². The van der Waals surface area contributed by atoms with Crippen molar-refractivity contribution in [1.82, 2.24) is 4.90 Å². The van der Waals surface area contributed by atoms with Crippen LogP contribution < -0.4 is 5.32 Å². The maximum absolute atomic E-state index is 13.8. The SMILES string of the molecule is Cc1ccc(F)c(NCC2CCCN2C(=O)OC(C)(C)C)c1. The van der Waals surface area contributed by atoms with Crippen LogP contribution in [0.2, 0.25) is 0 Å². The van der Waals surface area contributed by atoms with Gasteiger partial charge in [-0.1, -0.05) is 6.07 Å². The molecule has 0 aliphatic carbocycles. The molecule has 4 nitrogen and oxygen atoms in total. The van der Waals surface area contributed by atoms with Crippen LogP contribution in [0.25, 0.3) is 0 Å². The summed E-state index contributed by atoms with van der Waals surface area (Å²) in [4.78, 5) is 13.9. The molecular weight excluding hydrogens is 283 g/mol. The van der Waals surface area contributed by atoms with Crippen LogP contribution in [0.3, 0.4) is 0 Å². The van der Waals surface area contributed by atoms with Crippen LogP contribution in [0.4, 0.5) is 14.9 Å². The lowest BCUT2D eigenvalue weighted by atomic mass is 10.2. The second-order valence-electron chi connectivity index (χ2n) is 6.83. The van der Waals surface area contributed by atoms with Crippen LogP contribution in [-0.4, -0.2) is 35.7 Å². The van der Waals surface area contributed by atoms with Gasteiger partial charge in [-0.05, 0) is 58.2 Å². The number of aryl methyl sites for hydroxylation is 1. The number of likely N-dealkylation sites (tertiary alicyclic amines) is 1. The van der Waals surface area contributed by atoms with Crippen molar-refractivity contribution in [2.75, 3.05) is 18.4 Å². The van der Waals surface area contributed by atoms with E-state index in [4.69, 9.17) is 4.74 Å². The Balaban J connectivity index is 1.97. The van der Waals surface area contributed by atoms with E-state index < -0.39 is 5.60 Å². The molecule has 1 amide bonds. The van der Waals surface area contributed by atoms with Crippen molar-refractivity contribution in [3.8, 4) is 0 Å². The van der Waals surface area contributed by atoms with Gasteiger partial charge in [-0.3, -0.25) is 0 Å². The number of hydrogen-bond donors (Lipinski definition) is 1. The summed E-state index contributed by atoms with van der Waals surface area (Å²) in [5, 5.41) is 3.12. The number of ether oxygens (including phenoxy) is 1. The van der Waals surface area contributed by atoms with E-state index in [0.29, 0.717) is 18.8 Å². The molecule has 0 bridgehead atoms. The Morgan fingerprint density at radius 3 is 2.86 bits per heavy atom. The van der Waals surface area contributed by atoms with Crippen LogP contribution in [0.5, 0.6) is 0 Å². The van der Waals surface area contributed by atoms with E-state index >= 15 is 0 Å². The Labute approximate surface area is 131 Å². The summed E-state index contributed by atoms with van der Waals surface area (Å²) in [6.07, 6.45) is 1.56. The quantitative estimate of drug-likeness (QED) is 0.919. The molecule has 22 heavy (non-hydrogen) atoms. The molecule has 1 saturated heterocycles. The van der Waals surface area contributed by atoms with Crippen molar-refractivity contribution >= 4 is 11.8 Å². The van der Waals surface area contributed by atoms with Gasteiger partial charge in [0.15, 0.2) is 0 Å². The molecule has 1 N–H and O–H groups in total. The number of hydrogen-bond acceptors (Lipinski definition) is 3. The van der Waals surface area contributed by atoms with E-state index in [9.17, 15) is 9.18 Å². The number of nitrogens with one attached hydrogen (secondary N) is 1. The molecule has 1 fully saturated rings. The maximum atomic E-state index is 13.8. The Kier molecular flexibility index (Phi) is 4.94. The summed E-state index contributed by atoms with van der Waals surface area (Å²) in [6.45, 7) is 8.72. The Hall–Kier alpha value is -1.78. The number of carbonyl (C=O) groups is 1. The van der Waals surface area contributed by atoms with Crippen molar-refractivity contribution < 1.29 is 13.9 Å². The molecule has 0 radical (unpaired) electrons. The van der Waals surface area contributed by atoms with Gasteiger partial charge in [0.1, 0.15) is 11.4 Å². The smallest absolute Gasteiger partial charge is 0.410 e. The molecular formula is C17H25FN2O2. The third-order valence-corrected chi connectivity index (χ3v) is 3.66. The first-order valence-corrected chi connectivity index (χ1v) is 7.76. The number of nitrogens with zero attached hydrogens (tertiary/aromatic N) is 1. The molecule has 1 aliphatic heterocycles. The number of carbonyl (C=O) groups excluding carboxylic acids is 1. The third-order valence-electron chi connectivity index (χ3n) is 3.66. The zero-order valence-electron chi connectivity index (χ0n) is 13.8. The van der Waals surface area contributed by atoms with Crippen molar-refractivity contribution in [2.24, 2.45) is 0 Å². The minimum atomic E-state index is -0.500. The molecule has 122 valence electrons. The van der Waals surface area contributed by atoms with Gasteiger partial charge in [0, 0.05) is 13.1 Å². The van der Waals surface area contributed by atoms with Crippen LogP contribution in [0.1, 0.15) is 39.2 Å². The van der Waals surface area contributed by atoms with Gasteiger partial charge in [-0.2, -0.15) is 0 Å². The Morgan fingerprint density at radius 2 is 2.18 bits per heavy atom. The van der Waals surface area contributed by atoms with Gasteiger partial charge in [0.2, 0.25) is 0 Å². The summed E-state index contributed by atoms with van der Waals surface area (Å²) in [7, 11) is 0. The highest BCUT2D eigenvalue weighted by Crippen LogP contribution is 2.22. The van der Waals surface area contributed by atoms with Crippen molar-refractivity contribution in [3.05, 3.63) is 29.6 Å². The van der Waals surface area contributed by atoms with E-state index in [1.807, 2.05) is 27.7 Å². The van der Waals surface area contributed by atoms with Gasteiger partial charge in [-0.15, -0.1) is 0 Å². The molecule has 1 heterocycles. The average molecular weight is 308 g/mol. The summed E-state index contributed by atoms with van der Waals surface area (Å²) in [5.41, 5.74) is 0.982. The molecule has 2 rings (SSSR count). The largest absolute Gasteiger partial charge is 0.444 e. The van der Waals surface area contributed by atoms with Crippen LogP contribution in [-0.2, 0) is 4.74 Å². The lowest BCUT2D eigenvalue weighted by Crippen LogP contribution is -2.42. The topological polar surface area (TPSA) is 41.6 Å². The number of rotatable bonds is 3. The van der Waals surface area contributed by atoms with Gasteiger partial charge in [0.25, 0.3) is 0 Å². The van der Waals surface area contributed by atoms with Gasteiger partial charge < -0.3 is 15.0 Å². The predicted molar refractivity (Wildman–Crippen MR) is 85.6 cm³/mol. The number of anilines is 1. The first kappa shape index (κ1) is 16.6. The summed E-state index contributed by atoms with van der Waals surface area (Å²) >= 11 is 0. The molecule has 5 heteroatoms. The first-order chi connectivity index (χ1) is 10.3. The molecule has 1 aromatic carbocycles. The normalized spacial score (nSPS) is 18.4. The first-order valence-electron chi connectivity index (χ1n) is 7.76. The molecule has 0 spiro atoms. The highest BCUT2D eigenvalue weighted by atomic mass is 19.1. The van der Waals surface area contributed by atoms with Gasteiger partial charge >= 0.3 is 6.09 Å². The van der Waals surface area contributed by atoms with Crippen LogP contribution in [0, 0.1) is 12.7 Å². The Morgan fingerprint density at radius 1 is 1.45 bits per heavy atom. The minimum absolute atomic E-state index is 0.0368. The van der Waals surface area contributed by atoms with Gasteiger partial charge in [-0.25, -0.2) is 9.18 Å². The molecule has 0 saturated carbocycles. The fourth-order valence-corrected chi connectivity index (χ4v) is 2.61. The summed E-state index contributed by atoms with van der Waals surface area (Å²) in [6, 6.07) is 5.01. The third kappa shape index (κ3) is 4.36. The summed E-state index contributed by atoms with van der Waals surface area (Å²) < 4.78 is 19.2. The van der Waals surface area contributed by atoms with Crippen molar-refractivity contribution in [2.45, 2.75) is 52.2 Å². The van der Waals surface area contributed by atoms with Crippen molar-refractivity contribution in [1.29, 1.82) is 0 Å². The maximum Gasteiger partial charge on any atom is 0.410 e. The number of benzene rings is 1. The molecule has 1 aliphatic rings. The van der Waals surface area contributed by atoms with E-state index in [1.165, 1.54) is 6.07 Å². The predicted octanol–water partition coefficient (Wildman–Crippen LogP) is 3.95. The second kappa shape index (κ2) is 6.55. The van der Waals surface area contributed by atoms with E-state index in [-0.39, 0.29) is 18.0 Å². The van der Waals surface area contributed by atoms with Crippen molar-refractivity contribution in [3.63, 3.8) is 0 Å². The van der Waals surface area contributed by atoms with E-state index in [1.54, 1.807) is 17.0 Å². The monoisotopic (exact) mass is 308 g/mol. The molecule has 0 aromatic heterocycles. The average Bonchev–Trinajstić information content (AvgIpc) is 2.86. The minimum Gasteiger partial charge on any atom is -0.444 e. The standard InChI is InChI=1S/C17H25FN2O2/c1-12-7-8-14(18)15(10-12)19-11-13-6-5-9-20(13)16(21)22-17(2,3)4/h7-8,10,13,19H,5-6,9,11H2,1-4H3. The summed E-state index contributed by atoms with van der Waals surface area (Å²) in [5.74, 6) is -0.271. The van der Waals surface area contributed by atoms with Crippen LogP contribution >= 0.6 is 0 Å². The molecule has 1 unspecified atom stereocenters.